The van der Waals surface area contributed by atoms with Gasteiger partial charge in [0.25, 0.3) is 0 Å². The summed E-state index contributed by atoms with van der Waals surface area (Å²) in [6, 6.07) is 8.32. The molecule has 2 N–H and O–H groups in total. The minimum absolute atomic E-state index is 0.0141. The Labute approximate surface area is 242 Å². The van der Waals surface area contributed by atoms with Crippen LogP contribution in [-0.4, -0.2) is 97.9 Å². The third kappa shape index (κ3) is 8.16. The number of likely N-dealkylation sites (N-methyl/N-ethyl adjacent to an activating group) is 3. The second kappa shape index (κ2) is 13.8. The fourth-order valence-electron chi connectivity index (χ4n) is 5.42. The molecule has 1 aromatic carbocycles. The summed E-state index contributed by atoms with van der Waals surface area (Å²) in [5, 5.41) is 6.28. The minimum atomic E-state index is -0.754. The van der Waals surface area contributed by atoms with E-state index in [1.54, 1.807) is 19.0 Å². The zero-order valence-electron chi connectivity index (χ0n) is 26.7. The van der Waals surface area contributed by atoms with E-state index in [0.29, 0.717) is 18.7 Å². The molecule has 0 radical (unpaired) electrons. The number of carbonyl (C=O) groups excluding carboxylic acids is 3. The van der Waals surface area contributed by atoms with Gasteiger partial charge >= 0.3 is 0 Å². The van der Waals surface area contributed by atoms with Crippen molar-refractivity contribution in [1.29, 1.82) is 0 Å². The molecule has 0 unspecified atom stereocenters. The first-order valence-corrected chi connectivity index (χ1v) is 14.5. The topological polar surface area (TPSA) is 85.0 Å². The highest BCUT2D eigenvalue weighted by Gasteiger charge is 2.41. The third-order valence-electron chi connectivity index (χ3n) is 8.22. The Morgan fingerprint density at radius 2 is 1.50 bits per heavy atom. The molecule has 3 amide bonds. The number of carbonyl (C=O) groups is 3. The van der Waals surface area contributed by atoms with Crippen LogP contribution >= 0.6 is 0 Å². The molecule has 224 valence electrons. The molecule has 40 heavy (non-hydrogen) atoms. The van der Waals surface area contributed by atoms with Crippen LogP contribution in [-0.2, 0) is 19.8 Å². The van der Waals surface area contributed by atoms with Crippen molar-refractivity contribution in [3.63, 3.8) is 0 Å². The first-order chi connectivity index (χ1) is 18.5. The van der Waals surface area contributed by atoms with E-state index in [1.165, 1.54) is 0 Å². The molecular weight excluding hydrogens is 502 g/mol. The van der Waals surface area contributed by atoms with E-state index in [-0.39, 0.29) is 29.7 Å². The number of nitrogens with zero attached hydrogens (tertiary/aromatic N) is 3. The molecule has 8 nitrogen and oxygen atoms in total. The maximum atomic E-state index is 14.1. The molecule has 3 atom stereocenters. The molecule has 1 heterocycles. The quantitative estimate of drug-likeness (QED) is 0.433. The van der Waals surface area contributed by atoms with Gasteiger partial charge in [-0.2, -0.15) is 0 Å². The SMILES string of the molecule is CN[C@H](C(=O)N[C@H](C(=O)N(C)[C@H](C=C(C)C(=O)N1CCN(C)CC1)C(C)C)C(C)(C)C)C(C)(C)c1ccccc1. The number of hydrogen-bond donors (Lipinski definition) is 2. The van der Waals surface area contributed by atoms with E-state index < -0.39 is 22.9 Å². The highest BCUT2D eigenvalue weighted by Crippen LogP contribution is 2.29. The van der Waals surface area contributed by atoms with Crippen LogP contribution in [0.1, 0.15) is 61.0 Å². The van der Waals surface area contributed by atoms with Gasteiger partial charge < -0.3 is 25.3 Å². The van der Waals surface area contributed by atoms with Crippen LogP contribution in [0.3, 0.4) is 0 Å². The van der Waals surface area contributed by atoms with E-state index >= 15 is 0 Å². The molecule has 1 aliphatic heterocycles. The lowest BCUT2D eigenvalue weighted by molar-refractivity contribution is -0.141. The van der Waals surface area contributed by atoms with Gasteiger partial charge in [0.15, 0.2) is 0 Å². The largest absolute Gasteiger partial charge is 0.342 e. The van der Waals surface area contributed by atoms with E-state index in [2.05, 4.69) is 22.6 Å². The second-order valence-corrected chi connectivity index (χ2v) is 13.2. The summed E-state index contributed by atoms with van der Waals surface area (Å²) in [6.07, 6.45) is 1.92. The Bertz CT molecular complexity index is 1040. The van der Waals surface area contributed by atoms with Gasteiger partial charge in [-0.15, -0.1) is 0 Å². The lowest BCUT2D eigenvalue weighted by Crippen LogP contribution is -2.61. The average Bonchev–Trinajstić information content (AvgIpc) is 2.89. The summed E-state index contributed by atoms with van der Waals surface area (Å²) in [7, 11) is 5.60. The Kier molecular flexibility index (Phi) is 11.5. The Balaban J connectivity index is 2.29. The van der Waals surface area contributed by atoms with Gasteiger partial charge in [-0.05, 0) is 37.9 Å². The number of rotatable bonds is 10. The molecule has 1 fully saturated rings. The van der Waals surface area contributed by atoms with Crippen molar-refractivity contribution in [1.82, 2.24) is 25.3 Å². The highest BCUT2D eigenvalue weighted by molar-refractivity contribution is 5.94. The van der Waals surface area contributed by atoms with Gasteiger partial charge in [-0.1, -0.05) is 84.9 Å². The predicted octanol–water partition coefficient (Wildman–Crippen LogP) is 3.29. The normalized spacial score (nSPS) is 17.8. The molecule has 0 spiro atoms. The van der Waals surface area contributed by atoms with E-state index in [0.717, 1.165) is 18.7 Å². The fourth-order valence-corrected chi connectivity index (χ4v) is 5.42. The highest BCUT2D eigenvalue weighted by atomic mass is 16.2. The molecule has 0 bridgehead atoms. The fraction of sp³-hybridized carbons (Fsp3) is 0.656. The van der Waals surface area contributed by atoms with Crippen LogP contribution in [0.25, 0.3) is 0 Å². The zero-order valence-corrected chi connectivity index (χ0v) is 26.7. The number of nitrogens with one attached hydrogen (secondary N) is 2. The number of benzene rings is 1. The summed E-state index contributed by atoms with van der Waals surface area (Å²) < 4.78 is 0. The van der Waals surface area contributed by atoms with Gasteiger partial charge in [0.2, 0.25) is 17.7 Å². The molecule has 2 rings (SSSR count). The monoisotopic (exact) mass is 555 g/mol. The van der Waals surface area contributed by atoms with Crippen molar-refractivity contribution in [2.75, 3.05) is 47.3 Å². The van der Waals surface area contributed by atoms with Crippen molar-refractivity contribution >= 4 is 17.7 Å². The van der Waals surface area contributed by atoms with Crippen molar-refractivity contribution in [2.24, 2.45) is 11.3 Å². The van der Waals surface area contributed by atoms with Gasteiger partial charge in [0, 0.05) is 44.2 Å². The van der Waals surface area contributed by atoms with Gasteiger partial charge in [-0.3, -0.25) is 14.4 Å². The standard InChI is InChI=1S/C32H53N5O3/c1-22(2)25(21-23(3)29(39)37-19-17-35(10)18-20-37)36(11)30(40)27(31(4,5)6)34-28(38)26(33-9)32(7,8)24-15-13-12-14-16-24/h12-16,21-22,25-27,33H,17-20H2,1-11H3,(H,34,38)/t25-,26-,27-/m1/s1. The van der Waals surface area contributed by atoms with Crippen molar-refractivity contribution < 1.29 is 14.4 Å². The lowest BCUT2D eigenvalue weighted by atomic mass is 9.76. The van der Waals surface area contributed by atoms with E-state index in [1.807, 2.05) is 96.7 Å². The summed E-state index contributed by atoms with van der Waals surface area (Å²) in [5.74, 6) is -0.318. The van der Waals surface area contributed by atoms with Crippen molar-refractivity contribution in [2.45, 2.75) is 78.9 Å². The van der Waals surface area contributed by atoms with E-state index in [4.69, 9.17) is 0 Å². The first-order valence-electron chi connectivity index (χ1n) is 14.5. The van der Waals surface area contributed by atoms with Crippen molar-refractivity contribution in [3.05, 3.63) is 47.5 Å². The number of hydrogen-bond acceptors (Lipinski definition) is 5. The van der Waals surface area contributed by atoms with Crippen molar-refractivity contribution in [3.8, 4) is 0 Å². The Morgan fingerprint density at radius 1 is 0.950 bits per heavy atom. The lowest BCUT2D eigenvalue weighted by Gasteiger charge is -2.40. The summed E-state index contributed by atoms with van der Waals surface area (Å²) in [4.78, 5) is 46.8. The summed E-state index contributed by atoms with van der Waals surface area (Å²) >= 11 is 0. The van der Waals surface area contributed by atoms with Crippen LogP contribution < -0.4 is 10.6 Å². The average molecular weight is 556 g/mol. The molecule has 1 aliphatic rings. The molecule has 1 aromatic rings. The third-order valence-corrected chi connectivity index (χ3v) is 8.22. The molecule has 1 saturated heterocycles. The predicted molar refractivity (Wildman–Crippen MR) is 163 cm³/mol. The number of amides is 3. The van der Waals surface area contributed by atoms with Crippen LogP contribution in [0.2, 0.25) is 0 Å². The second-order valence-electron chi connectivity index (χ2n) is 13.2. The van der Waals surface area contributed by atoms with Gasteiger partial charge in [0.05, 0.1) is 12.1 Å². The Morgan fingerprint density at radius 3 is 1.98 bits per heavy atom. The maximum Gasteiger partial charge on any atom is 0.249 e. The zero-order chi connectivity index (χ0) is 30.4. The minimum Gasteiger partial charge on any atom is -0.342 e. The molecule has 0 aliphatic carbocycles. The van der Waals surface area contributed by atoms with Gasteiger partial charge in [-0.25, -0.2) is 0 Å². The first kappa shape index (κ1) is 33.5. The van der Waals surface area contributed by atoms with Crippen LogP contribution in [0.5, 0.6) is 0 Å². The van der Waals surface area contributed by atoms with Crippen LogP contribution in [0, 0.1) is 11.3 Å². The molecule has 0 aromatic heterocycles. The van der Waals surface area contributed by atoms with E-state index in [9.17, 15) is 14.4 Å². The van der Waals surface area contributed by atoms with Crippen LogP contribution in [0.15, 0.2) is 42.0 Å². The van der Waals surface area contributed by atoms with Gasteiger partial charge in [0.1, 0.15) is 6.04 Å². The summed E-state index contributed by atoms with van der Waals surface area (Å²) in [6.45, 7) is 19.0. The number of piperazine rings is 1. The Hall–Kier alpha value is -2.71. The van der Waals surface area contributed by atoms with Crippen LogP contribution in [0.4, 0.5) is 0 Å². The smallest absolute Gasteiger partial charge is 0.249 e. The maximum absolute atomic E-state index is 14.1. The molecule has 8 heteroatoms. The molecular formula is C32H53N5O3. The molecule has 0 saturated carbocycles. The summed E-state index contributed by atoms with van der Waals surface area (Å²) in [5.41, 5.74) is 0.623.